The number of rotatable bonds is 6. The van der Waals surface area contributed by atoms with Gasteiger partial charge in [-0.3, -0.25) is 0 Å². The lowest BCUT2D eigenvalue weighted by Crippen LogP contribution is -2.47. The summed E-state index contributed by atoms with van der Waals surface area (Å²) in [6, 6.07) is 13.5. The number of aromatic nitrogens is 3. The third-order valence-corrected chi connectivity index (χ3v) is 6.89. The fourth-order valence-corrected chi connectivity index (χ4v) is 4.89. The molecule has 0 aliphatic carbocycles. The summed E-state index contributed by atoms with van der Waals surface area (Å²) in [6.07, 6.45) is 6.59. The third kappa shape index (κ3) is 6.40. The van der Waals surface area contributed by atoms with E-state index in [0.717, 1.165) is 34.7 Å². The van der Waals surface area contributed by atoms with Crippen molar-refractivity contribution in [1.82, 2.24) is 19.9 Å². The molecule has 3 N–H and O–H groups in total. The Hall–Kier alpha value is -4.66. The molecule has 41 heavy (non-hydrogen) atoms. The lowest BCUT2D eigenvalue weighted by molar-refractivity contribution is 0.0206. The van der Waals surface area contributed by atoms with Crippen molar-refractivity contribution in [3.05, 3.63) is 72.6 Å². The first-order chi connectivity index (χ1) is 19.6. The molecule has 1 aliphatic rings. The Morgan fingerprint density at radius 2 is 2.00 bits per heavy atom. The first-order valence-corrected chi connectivity index (χ1v) is 13.8. The SMILES string of the molecule is C=Cc1cnc(Oc2c(C)ccc3c(N)cccc23)c(-c2ccnc(NC3CCCN(C(=O)OC(C)(C)C)C3)n2)c1. The molecule has 4 aromatic rings. The van der Waals surface area contributed by atoms with Crippen LogP contribution in [0, 0.1) is 6.92 Å². The second-order valence-electron chi connectivity index (χ2n) is 11.3. The number of hydrogen-bond acceptors (Lipinski definition) is 8. The zero-order chi connectivity index (χ0) is 29.1. The molecule has 0 saturated carbocycles. The fourth-order valence-electron chi connectivity index (χ4n) is 4.89. The van der Waals surface area contributed by atoms with Gasteiger partial charge in [0, 0.05) is 48.0 Å². The minimum Gasteiger partial charge on any atom is -0.444 e. The summed E-state index contributed by atoms with van der Waals surface area (Å²) in [6.45, 7) is 12.7. The molecule has 0 bridgehead atoms. The van der Waals surface area contributed by atoms with Crippen LogP contribution in [0.2, 0.25) is 0 Å². The van der Waals surface area contributed by atoms with Crippen LogP contribution in [-0.4, -0.2) is 50.7 Å². The van der Waals surface area contributed by atoms with E-state index in [1.807, 2.05) is 70.2 Å². The molecule has 2 aromatic carbocycles. The van der Waals surface area contributed by atoms with Crippen LogP contribution >= 0.6 is 0 Å². The van der Waals surface area contributed by atoms with Gasteiger partial charge in [0.05, 0.1) is 11.3 Å². The molecular weight excluding hydrogens is 516 g/mol. The lowest BCUT2D eigenvalue weighted by Gasteiger charge is -2.34. The molecule has 9 heteroatoms. The maximum atomic E-state index is 12.6. The number of pyridine rings is 1. The van der Waals surface area contributed by atoms with E-state index in [0.29, 0.717) is 47.6 Å². The van der Waals surface area contributed by atoms with Crippen LogP contribution in [0.25, 0.3) is 28.1 Å². The molecule has 0 spiro atoms. The van der Waals surface area contributed by atoms with Gasteiger partial charge in [-0.1, -0.05) is 36.9 Å². The first kappa shape index (κ1) is 27.9. The Labute approximate surface area is 240 Å². The van der Waals surface area contributed by atoms with Gasteiger partial charge in [0.2, 0.25) is 11.8 Å². The number of carbonyl (C=O) groups is 1. The number of anilines is 2. The summed E-state index contributed by atoms with van der Waals surface area (Å²) in [5.41, 5.74) is 9.52. The topological polar surface area (TPSA) is 115 Å². The van der Waals surface area contributed by atoms with Crippen LogP contribution in [0.3, 0.4) is 0 Å². The van der Waals surface area contributed by atoms with Crippen LogP contribution in [0.15, 0.2) is 61.4 Å². The van der Waals surface area contributed by atoms with Gasteiger partial charge in [-0.05, 0) is 69.9 Å². The van der Waals surface area contributed by atoms with Crippen LogP contribution in [-0.2, 0) is 4.74 Å². The van der Waals surface area contributed by atoms with E-state index < -0.39 is 5.60 Å². The van der Waals surface area contributed by atoms with Gasteiger partial charge in [0.25, 0.3) is 0 Å². The van der Waals surface area contributed by atoms with Crippen molar-refractivity contribution in [1.29, 1.82) is 0 Å². The number of ether oxygens (including phenoxy) is 2. The minimum absolute atomic E-state index is 0.0105. The summed E-state index contributed by atoms with van der Waals surface area (Å²) in [7, 11) is 0. The number of nitrogens with zero attached hydrogens (tertiary/aromatic N) is 4. The van der Waals surface area contributed by atoms with Gasteiger partial charge in [-0.2, -0.15) is 0 Å². The van der Waals surface area contributed by atoms with E-state index in [4.69, 9.17) is 20.2 Å². The highest BCUT2D eigenvalue weighted by Gasteiger charge is 2.28. The number of aryl methyl sites for hydroxylation is 1. The van der Waals surface area contributed by atoms with Crippen molar-refractivity contribution in [2.75, 3.05) is 24.1 Å². The highest BCUT2D eigenvalue weighted by molar-refractivity contribution is 5.97. The zero-order valence-corrected chi connectivity index (χ0v) is 24.0. The quantitative estimate of drug-likeness (QED) is 0.250. The third-order valence-electron chi connectivity index (χ3n) is 6.89. The van der Waals surface area contributed by atoms with Crippen LogP contribution in [0.5, 0.6) is 11.6 Å². The van der Waals surface area contributed by atoms with Crippen molar-refractivity contribution in [2.24, 2.45) is 0 Å². The Morgan fingerprint density at radius 1 is 1.17 bits per heavy atom. The minimum atomic E-state index is -0.542. The average Bonchev–Trinajstić information content (AvgIpc) is 2.94. The number of hydrogen-bond donors (Lipinski definition) is 2. The van der Waals surface area contributed by atoms with E-state index in [1.165, 1.54) is 0 Å². The van der Waals surface area contributed by atoms with E-state index in [-0.39, 0.29) is 12.1 Å². The van der Waals surface area contributed by atoms with Crippen LogP contribution in [0.4, 0.5) is 16.4 Å². The fraction of sp³-hybridized carbons (Fsp3) is 0.312. The molecule has 2 aromatic heterocycles. The molecule has 1 unspecified atom stereocenters. The molecule has 1 atom stereocenters. The zero-order valence-electron chi connectivity index (χ0n) is 24.0. The summed E-state index contributed by atoms with van der Waals surface area (Å²) >= 11 is 0. The first-order valence-electron chi connectivity index (χ1n) is 13.8. The highest BCUT2D eigenvalue weighted by Crippen LogP contribution is 2.38. The van der Waals surface area contributed by atoms with Crippen molar-refractivity contribution in [2.45, 2.75) is 52.2 Å². The van der Waals surface area contributed by atoms with Gasteiger partial charge >= 0.3 is 6.09 Å². The number of nitrogens with two attached hydrogens (primary N) is 1. The summed E-state index contributed by atoms with van der Waals surface area (Å²) in [5.74, 6) is 1.56. The van der Waals surface area contributed by atoms with Crippen molar-refractivity contribution in [3.8, 4) is 22.9 Å². The molecule has 0 radical (unpaired) electrons. The summed E-state index contributed by atoms with van der Waals surface area (Å²) in [5, 5.41) is 5.23. The molecule has 1 fully saturated rings. The van der Waals surface area contributed by atoms with E-state index >= 15 is 0 Å². The molecule has 3 heterocycles. The molecule has 1 aliphatic heterocycles. The smallest absolute Gasteiger partial charge is 0.410 e. The van der Waals surface area contributed by atoms with Gasteiger partial charge < -0.3 is 25.4 Å². The normalized spacial score (nSPS) is 15.4. The summed E-state index contributed by atoms with van der Waals surface area (Å²) in [4.78, 5) is 28.3. The van der Waals surface area contributed by atoms with Gasteiger partial charge in [0.1, 0.15) is 11.4 Å². The van der Waals surface area contributed by atoms with Gasteiger partial charge in [-0.25, -0.2) is 19.7 Å². The molecule has 212 valence electrons. The number of carbonyl (C=O) groups excluding carboxylic acids is 1. The van der Waals surface area contributed by atoms with Crippen molar-refractivity contribution < 1.29 is 14.3 Å². The molecule has 1 amide bonds. The lowest BCUT2D eigenvalue weighted by atomic mass is 10.0. The van der Waals surface area contributed by atoms with Crippen molar-refractivity contribution in [3.63, 3.8) is 0 Å². The number of amides is 1. The number of piperidine rings is 1. The van der Waals surface area contributed by atoms with E-state index in [9.17, 15) is 4.79 Å². The average molecular weight is 553 g/mol. The number of benzene rings is 2. The number of fused-ring (bicyclic) bond motifs is 1. The second kappa shape index (κ2) is 11.4. The number of nitrogens with one attached hydrogen (secondary N) is 1. The maximum absolute atomic E-state index is 12.6. The predicted octanol–water partition coefficient (Wildman–Crippen LogP) is 6.83. The second-order valence-corrected chi connectivity index (χ2v) is 11.3. The number of likely N-dealkylation sites (tertiary alicyclic amines) is 1. The van der Waals surface area contributed by atoms with E-state index in [1.54, 1.807) is 23.4 Å². The monoisotopic (exact) mass is 552 g/mol. The Kier molecular flexibility index (Phi) is 7.79. The van der Waals surface area contributed by atoms with Gasteiger partial charge in [0.15, 0.2) is 0 Å². The van der Waals surface area contributed by atoms with Gasteiger partial charge in [-0.15, -0.1) is 0 Å². The van der Waals surface area contributed by atoms with Crippen LogP contribution < -0.4 is 15.8 Å². The Morgan fingerprint density at radius 3 is 2.78 bits per heavy atom. The van der Waals surface area contributed by atoms with E-state index in [2.05, 4.69) is 21.9 Å². The maximum Gasteiger partial charge on any atom is 0.410 e. The standard InChI is InChI=1S/C32H36N6O3/c1-6-21-17-25(29(35-18-21)40-28-20(2)12-13-23-24(28)10-7-11-26(23)33)27-14-15-34-30(37-27)36-22-9-8-16-38(19-22)31(39)41-32(3,4)5/h6-7,10-15,17-18,22H,1,8-9,16,19,33H2,2-5H3,(H,34,36,37). The molecular formula is C32H36N6O3. The summed E-state index contributed by atoms with van der Waals surface area (Å²) < 4.78 is 12.1. The number of nitrogen functional groups attached to an aromatic ring is 1. The Balaban J connectivity index is 1.43. The largest absolute Gasteiger partial charge is 0.444 e. The molecule has 9 nitrogen and oxygen atoms in total. The van der Waals surface area contributed by atoms with Crippen molar-refractivity contribution >= 4 is 34.6 Å². The Bertz CT molecular complexity index is 1600. The predicted molar refractivity (Wildman–Crippen MR) is 163 cm³/mol. The molecule has 1 saturated heterocycles. The highest BCUT2D eigenvalue weighted by atomic mass is 16.6. The molecule has 5 rings (SSSR count). The van der Waals surface area contributed by atoms with Crippen LogP contribution in [0.1, 0.15) is 44.7 Å².